The van der Waals surface area contributed by atoms with Gasteiger partial charge in [0.25, 0.3) is 0 Å². The van der Waals surface area contributed by atoms with Crippen LogP contribution in [0.2, 0.25) is 0 Å². The summed E-state index contributed by atoms with van der Waals surface area (Å²) in [6, 6.07) is 11.8. The summed E-state index contributed by atoms with van der Waals surface area (Å²) in [7, 11) is 4.58. The van der Waals surface area contributed by atoms with Gasteiger partial charge >= 0.3 is 0 Å². The van der Waals surface area contributed by atoms with Crippen LogP contribution in [0.1, 0.15) is 22.3 Å². The number of rotatable bonds is 5. The summed E-state index contributed by atoms with van der Waals surface area (Å²) in [5.74, 6) is 1.18. The smallest absolute Gasteiger partial charge is 0.182 e. The molecule has 0 bridgehead atoms. The van der Waals surface area contributed by atoms with Crippen LogP contribution in [0.25, 0.3) is 12.2 Å². The molecule has 0 aliphatic carbocycles. The molecule has 24 heavy (non-hydrogen) atoms. The number of nitrogens with zero attached hydrogens (tertiary/aromatic N) is 1. The minimum atomic E-state index is 0.574. The van der Waals surface area contributed by atoms with Gasteiger partial charge in [-0.3, -0.25) is 0 Å². The Labute approximate surface area is 142 Å². The van der Waals surface area contributed by atoms with E-state index in [9.17, 15) is 5.21 Å². The fraction of sp³-hybridized carbons (Fsp3) is 0.200. The number of ether oxygens (including phenoxy) is 2. The van der Waals surface area contributed by atoms with E-state index in [0.29, 0.717) is 11.5 Å². The van der Waals surface area contributed by atoms with Gasteiger partial charge in [-0.1, -0.05) is 29.8 Å². The first-order valence-electron chi connectivity index (χ1n) is 7.53. The highest BCUT2D eigenvalue weighted by atomic mass is 16.5. The van der Waals surface area contributed by atoms with Gasteiger partial charge < -0.3 is 14.7 Å². The highest BCUT2D eigenvalue weighted by Gasteiger charge is 2.10. The summed E-state index contributed by atoms with van der Waals surface area (Å²) in [6.07, 6.45) is 5.19. The molecule has 0 atom stereocenters. The van der Waals surface area contributed by atoms with Gasteiger partial charge in [0, 0.05) is 0 Å². The zero-order chi connectivity index (χ0) is 17.5. The van der Waals surface area contributed by atoms with E-state index in [1.807, 2.05) is 30.4 Å². The standard InChI is InChI=1S/C20H21NO3/c1-15-8-10-16(11-9-15)6-5-7-17-12-19(23-3)20(24-4)13-18(17)14-21(2)22/h6-14H,1-4H3/b21-14-. The minimum Gasteiger partial charge on any atom is -0.624 e. The van der Waals surface area contributed by atoms with Crippen molar-refractivity contribution in [3.8, 4) is 11.5 Å². The molecular weight excluding hydrogens is 302 g/mol. The zero-order valence-corrected chi connectivity index (χ0v) is 14.4. The van der Waals surface area contributed by atoms with Crippen molar-refractivity contribution in [1.82, 2.24) is 0 Å². The van der Waals surface area contributed by atoms with Gasteiger partial charge in [-0.2, -0.15) is 0 Å². The number of methoxy groups -OCH3 is 2. The molecule has 0 aromatic heterocycles. The van der Waals surface area contributed by atoms with Crippen molar-refractivity contribution in [3.05, 3.63) is 69.6 Å². The Morgan fingerprint density at radius 2 is 1.54 bits per heavy atom. The third-order valence-corrected chi connectivity index (χ3v) is 3.48. The molecule has 0 unspecified atom stereocenters. The molecular formula is C20H21NO3. The second-order valence-electron chi connectivity index (χ2n) is 5.38. The summed E-state index contributed by atoms with van der Waals surface area (Å²) >= 11 is 0. The highest BCUT2D eigenvalue weighted by Crippen LogP contribution is 2.30. The molecule has 0 aliphatic heterocycles. The first-order valence-corrected chi connectivity index (χ1v) is 7.53. The van der Waals surface area contributed by atoms with Crippen molar-refractivity contribution in [2.75, 3.05) is 21.3 Å². The lowest BCUT2D eigenvalue weighted by molar-refractivity contribution is -0.416. The molecule has 2 aromatic carbocycles. The van der Waals surface area contributed by atoms with Gasteiger partial charge in [0.15, 0.2) is 17.7 Å². The fourth-order valence-electron chi connectivity index (χ4n) is 2.23. The highest BCUT2D eigenvalue weighted by molar-refractivity contribution is 5.84. The van der Waals surface area contributed by atoms with Gasteiger partial charge in [-0.15, -0.1) is 5.73 Å². The van der Waals surface area contributed by atoms with Gasteiger partial charge in [0.05, 0.1) is 19.8 Å². The average Bonchev–Trinajstić information content (AvgIpc) is 2.57. The fourth-order valence-corrected chi connectivity index (χ4v) is 2.23. The maximum absolute atomic E-state index is 11.4. The number of aryl methyl sites for hydroxylation is 1. The average molecular weight is 323 g/mol. The van der Waals surface area contributed by atoms with E-state index < -0.39 is 0 Å². The van der Waals surface area contributed by atoms with Crippen LogP contribution in [0.15, 0.2) is 42.1 Å². The second-order valence-corrected chi connectivity index (χ2v) is 5.38. The van der Waals surface area contributed by atoms with Crippen molar-refractivity contribution in [2.45, 2.75) is 6.92 Å². The molecule has 0 saturated carbocycles. The zero-order valence-electron chi connectivity index (χ0n) is 14.4. The third kappa shape index (κ3) is 4.51. The van der Waals surface area contributed by atoms with E-state index in [1.165, 1.54) is 18.8 Å². The Morgan fingerprint density at radius 1 is 0.958 bits per heavy atom. The molecule has 0 heterocycles. The SMILES string of the molecule is COc1cc(C=C=Cc2ccc(C)cc2)c(/C=[N+](/C)[O-])cc1OC. The first-order chi connectivity index (χ1) is 11.5. The van der Waals surface area contributed by atoms with Crippen LogP contribution < -0.4 is 9.47 Å². The van der Waals surface area contributed by atoms with Crippen molar-refractivity contribution in [2.24, 2.45) is 0 Å². The van der Waals surface area contributed by atoms with Crippen molar-refractivity contribution in [1.29, 1.82) is 0 Å². The van der Waals surface area contributed by atoms with Crippen molar-refractivity contribution < 1.29 is 14.2 Å². The molecule has 0 amide bonds. The molecule has 2 rings (SSSR count). The summed E-state index contributed by atoms with van der Waals surface area (Å²) < 4.78 is 11.4. The van der Waals surface area contributed by atoms with Gasteiger partial charge in [-0.05, 0) is 42.3 Å². The monoisotopic (exact) mass is 323 g/mol. The van der Waals surface area contributed by atoms with E-state index in [2.05, 4.69) is 24.8 Å². The van der Waals surface area contributed by atoms with Gasteiger partial charge in [0.2, 0.25) is 0 Å². The molecule has 0 saturated heterocycles. The molecule has 0 fully saturated rings. The molecule has 0 N–H and O–H groups in total. The van der Waals surface area contributed by atoms with Crippen LogP contribution in [-0.2, 0) is 0 Å². The quantitative estimate of drug-likeness (QED) is 0.276. The van der Waals surface area contributed by atoms with Crippen LogP contribution in [0.3, 0.4) is 0 Å². The van der Waals surface area contributed by atoms with E-state index in [4.69, 9.17) is 9.47 Å². The van der Waals surface area contributed by atoms with Crippen LogP contribution in [0, 0.1) is 12.1 Å². The van der Waals surface area contributed by atoms with Crippen LogP contribution in [0.5, 0.6) is 11.5 Å². The number of hydrogen-bond donors (Lipinski definition) is 0. The number of benzene rings is 2. The molecule has 0 spiro atoms. The topological polar surface area (TPSA) is 44.5 Å². The normalized spacial score (nSPS) is 10.8. The molecule has 4 heteroatoms. The van der Waals surface area contributed by atoms with Crippen LogP contribution in [-0.4, -0.2) is 32.2 Å². The molecule has 0 radical (unpaired) electrons. The Kier molecular flexibility index (Phi) is 5.83. The van der Waals surface area contributed by atoms with Crippen LogP contribution in [0.4, 0.5) is 0 Å². The first kappa shape index (κ1) is 17.4. The van der Waals surface area contributed by atoms with Crippen LogP contribution >= 0.6 is 0 Å². The molecule has 4 nitrogen and oxygen atoms in total. The Hall–Kier alpha value is -2.97. The lowest BCUT2D eigenvalue weighted by Crippen LogP contribution is -2.01. The lowest BCUT2D eigenvalue weighted by atomic mass is 10.1. The van der Waals surface area contributed by atoms with Gasteiger partial charge in [-0.25, -0.2) is 4.74 Å². The maximum atomic E-state index is 11.4. The van der Waals surface area contributed by atoms with E-state index in [0.717, 1.165) is 21.4 Å². The lowest BCUT2D eigenvalue weighted by Gasteiger charge is -2.10. The number of hydroxylamine groups is 1. The Bertz CT molecular complexity index is 794. The summed E-state index contributed by atoms with van der Waals surface area (Å²) in [4.78, 5) is 0. The Balaban J connectivity index is 2.45. The molecule has 2 aromatic rings. The minimum absolute atomic E-state index is 0.574. The maximum Gasteiger partial charge on any atom is 0.182 e. The van der Waals surface area contributed by atoms with Gasteiger partial charge in [0.1, 0.15) is 7.05 Å². The Morgan fingerprint density at radius 3 is 2.08 bits per heavy atom. The number of hydrogen-bond acceptors (Lipinski definition) is 3. The van der Waals surface area contributed by atoms with E-state index >= 15 is 0 Å². The third-order valence-electron chi connectivity index (χ3n) is 3.48. The largest absolute Gasteiger partial charge is 0.624 e. The summed E-state index contributed by atoms with van der Waals surface area (Å²) in [6.45, 7) is 2.05. The van der Waals surface area contributed by atoms with Crippen molar-refractivity contribution in [3.63, 3.8) is 0 Å². The predicted octanol–water partition coefficient (Wildman–Crippen LogP) is 3.90. The summed E-state index contributed by atoms with van der Waals surface area (Å²) in [5.41, 5.74) is 6.98. The second kappa shape index (κ2) is 8.04. The predicted molar refractivity (Wildman–Crippen MR) is 97.9 cm³/mol. The van der Waals surface area contributed by atoms with Crippen molar-refractivity contribution >= 4 is 18.4 Å². The van der Waals surface area contributed by atoms with E-state index in [-0.39, 0.29) is 0 Å². The molecule has 124 valence electrons. The van der Waals surface area contributed by atoms with E-state index in [1.54, 1.807) is 20.3 Å². The summed E-state index contributed by atoms with van der Waals surface area (Å²) in [5, 5.41) is 11.4. The molecule has 0 aliphatic rings.